The second kappa shape index (κ2) is 7.61. The molecule has 1 N–H and O–H groups in total. The molecule has 0 aromatic heterocycles. The van der Waals surface area contributed by atoms with Gasteiger partial charge in [0.2, 0.25) is 0 Å². The van der Waals surface area contributed by atoms with E-state index in [-0.39, 0.29) is 0 Å². The highest BCUT2D eigenvalue weighted by atomic mass is 16.5. The van der Waals surface area contributed by atoms with Crippen molar-refractivity contribution < 1.29 is 4.74 Å². The number of likely N-dealkylation sites (N-methyl/N-ethyl adjacent to an activating group) is 1. The van der Waals surface area contributed by atoms with E-state index in [2.05, 4.69) is 31.1 Å². The zero-order valence-electron chi connectivity index (χ0n) is 13.0. The van der Waals surface area contributed by atoms with Crippen LogP contribution in [-0.4, -0.2) is 49.3 Å². The van der Waals surface area contributed by atoms with Gasteiger partial charge in [-0.15, -0.1) is 0 Å². The third-order valence-electron chi connectivity index (χ3n) is 5.05. The zero-order chi connectivity index (χ0) is 13.7. The molecule has 112 valence electrons. The molecule has 0 spiro atoms. The smallest absolute Gasteiger partial charge is 0.0731 e. The minimum Gasteiger partial charge on any atom is -0.375 e. The van der Waals surface area contributed by atoms with Crippen molar-refractivity contribution in [3.8, 4) is 0 Å². The molecule has 0 radical (unpaired) electrons. The van der Waals surface area contributed by atoms with Gasteiger partial charge in [-0.2, -0.15) is 0 Å². The Balaban J connectivity index is 2.06. The van der Waals surface area contributed by atoms with E-state index in [1.165, 1.54) is 44.9 Å². The average molecular weight is 268 g/mol. The first kappa shape index (κ1) is 15.3. The van der Waals surface area contributed by atoms with E-state index in [0.29, 0.717) is 24.2 Å². The summed E-state index contributed by atoms with van der Waals surface area (Å²) in [6.07, 6.45) is 9.65. The number of hydrogen-bond donors (Lipinski definition) is 1. The van der Waals surface area contributed by atoms with Crippen LogP contribution in [0.2, 0.25) is 0 Å². The summed E-state index contributed by atoms with van der Waals surface area (Å²) in [6.45, 7) is 6.69. The molecule has 19 heavy (non-hydrogen) atoms. The number of rotatable bonds is 6. The van der Waals surface area contributed by atoms with Crippen molar-refractivity contribution in [1.82, 2.24) is 10.2 Å². The van der Waals surface area contributed by atoms with Crippen LogP contribution in [0.15, 0.2) is 0 Å². The molecule has 0 aromatic rings. The SMILES string of the molecule is CCCC(NC)C(CC)N1CCOC2CCCCC21. The van der Waals surface area contributed by atoms with Gasteiger partial charge in [0.15, 0.2) is 0 Å². The van der Waals surface area contributed by atoms with Crippen molar-refractivity contribution in [2.24, 2.45) is 0 Å². The van der Waals surface area contributed by atoms with Gasteiger partial charge in [0.25, 0.3) is 0 Å². The van der Waals surface area contributed by atoms with Crippen LogP contribution in [-0.2, 0) is 4.74 Å². The van der Waals surface area contributed by atoms with Crippen LogP contribution in [0.4, 0.5) is 0 Å². The number of morpholine rings is 1. The standard InChI is InChI=1S/C16H32N2O/c1-4-8-13(17-3)14(5-2)18-11-12-19-16-10-7-6-9-15(16)18/h13-17H,4-12H2,1-3H3. The normalized spacial score (nSPS) is 31.7. The molecule has 1 heterocycles. The topological polar surface area (TPSA) is 24.5 Å². The van der Waals surface area contributed by atoms with Crippen LogP contribution >= 0.6 is 0 Å². The van der Waals surface area contributed by atoms with E-state index in [9.17, 15) is 0 Å². The van der Waals surface area contributed by atoms with E-state index in [0.717, 1.165) is 13.2 Å². The van der Waals surface area contributed by atoms with Gasteiger partial charge in [0, 0.05) is 24.7 Å². The molecule has 0 amide bonds. The highest BCUT2D eigenvalue weighted by molar-refractivity contribution is 4.93. The number of hydrogen-bond acceptors (Lipinski definition) is 3. The molecule has 4 unspecified atom stereocenters. The molecule has 2 rings (SSSR count). The van der Waals surface area contributed by atoms with Gasteiger partial charge < -0.3 is 10.1 Å². The molecule has 1 saturated carbocycles. The lowest BCUT2D eigenvalue weighted by Gasteiger charge is -2.49. The lowest BCUT2D eigenvalue weighted by Crippen LogP contribution is -2.60. The average Bonchev–Trinajstić information content (AvgIpc) is 2.47. The van der Waals surface area contributed by atoms with E-state index in [4.69, 9.17) is 4.74 Å². The first-order valence-corrected chi connectivity index (χ1v) is 8.36. The third kappa shape index (κ3) is 3.50. The Morgan fingerprint density at radius 3 is 2.74 bits per heavy atom. The number of fused-ring (bicyclic) bond motifs is 1. The summed E-state index contributed by atoms with van der Waals surface area (Å²) in [7, 11) is 2.13. The van der Waals surface area contributed by atoms with Gasteiger partial charge in [-0.05, 0) is 32.7 Å². The maximum Gasteiger partial charge on any atom is 0.0731 e. The van der Waals surface area contributed by atoms with Gasteiger partial charge in [-0.1, -0.05) is 33.1 Å². The maximum absolute atomic E-state index is 6.02. The number of nitrogens with one attached hydrogen (secondary N) is 1. The Kier molecular flexibility index (Phi) is 6.11. The van der Waals surface area contributed by atoms with Gasteiger partial charge in [0.05, 0.1) is 12.7 Å². The number of ether oxygens (including phenoxy) is 1. The summed E-state index contributed by atoms with van der Waals surface area (Å²) in [5.74, 6) is 0. The maximum atomic E-state index is 6.02. The quantitative estimate of drug-likeness (QED) is 0.801. The molecule has 1 aliphatic heterocycles. The fraction of sp³-hybridized carbons (Fsp3) is 1.00. The van der Waals surface area contributed by atoms with Crippen molar-refractivity contribution in [3.05, 3.63) is 0 Å². The lowest BCUT2D eigenvalue weighted by atomic mass is 9.87. The summed E-state index contributed by atoms with van der Waals surface area (Å²) in [6, 6.07) is 2.00. The van der Waals surface area contributed by atoms with Crippen molar-refractivity contribution in [2.75, 3.05) is 20.2 Å². The van der Waals surface area contributed by atoms with Crippen LogP contribution in [0.1, 0.15) is 58.8 Å². The Hall–Kier alpha value is -0.120. The van der Waals surface area contributed by atoms with Crippen molar-refractivity contribution in [2.45, 2.75) is 83.0 Å². The van der Waals surface area contributed by atoms with E-state index < -0.39 is 0 Å². The molecule has 3 heteroatoms. The minimum atomic E-state index is 0.510. The predicted octanol–water partition coefficient (Wildman–Crippen LogP) is 2.80. The van der Waals surface area contributed by atoms with Crippen molar-refractivity contribution >= 4 is 0 Å². The van der Waals surface area contributed by atoms with Gasteiger partial charge in [0.1, 0.15) is 0 Å². The summed E-state index contributed by atoms with van der Waals surface area (Å²) in [4.78, 5) is 2.78. The minimum absolute atomic E-state index is 0.510. The van der Waals surface area contributed by atoms with E-state index >= 15 is 0 Å². The van der Waals surface area contributed by atoms with Crippen LogP contribution in [0.25, 0.3) is 0 Å². The number of nitrogens with zero attached hydrogens (tertiary/aromatic N) is 1. The van der Waals surface area contributed by atoms with Crippen LogP contribution < -0.4 is 5.32 Å². The highest BCUT2D eigenvalue weighted by Crippen LogP contribution is 2.31. The molecule has 2 aliphatic rings. The summed E-state index contributed by atoms with van der Waals surface area (Å²) < 4.78 is 6.02. The second-order valence-corrected chi connectivity index (χ2v) is 6.16. The van der Waals surface area contributed by atoms with E-state index in [1.54, 1.807) is 0 Å². The van der Waals surface area contributed by atoms with E-state index in [1.807, 2.05) is 0 Å². The molecule has 3 nitrogen and oxygen atoms in total. The molecule has 0 bridgehead atoms. The van der Waals surface area contributed by atoms with Crippen LogP contribution in [0.3, 0.4) is 0 Å². The Morgan fingerprint density at radius 2 is 2.05 bits per heavy atom. The first-order chi connectivity index (χ1) is 9.31. The van der Waals surface area contributed by atoms with Crippen LogP contribution in [0.5, 0.6) is 0 Å². The van der Waals surface area contributed by atoms with Gasteiger partial charge in [-0.3, -0.25) is 4.90 Å². The van der Waals surface area contributed by atoms with Gasteiger partial charge >= 0.3 is 0 Å². The summed E-state index contributed by atoms with van der Waals surface area (Å²) in [5, 5.41) is 3.56. The van der Waals surface area contributed by atoms with Crippen LogP contribution in [0, 0.1) is 0 Å². The Labute approximate surface area is 119 Å². The predicted molar refractivity (Wildman–Crippen MR) is 80.5 cm³/mol. The molecular weight excluding hydrogens is 236 g/mol. The monoisotopic (exact) mass is 268 g/mol. The largest absolute Gasteiger partial charge is 0.375 e. The molecule has 1 saturated heterocycles. The fourth-order valence-electron chi connectivity index (χ4n) is 4.13. The molecule has 2 fully saturated rings. The van der Waals surface area contributed by atoms with Gasteiger partial charge in [-0.25, -0.2) is 0 Å². The van der Waals surface area contributed by atoms with Crippen molar-refractivity contribution in [1.29, 1.82) is 0 Å². The molecule has 0 aromatic carbocycles. The molecular formula is C16H32N2O. The molecule has 4 atom stereocenters. The van der Waals surface area contributed by atoms with Crippen molar-refractivity contribution in [3.63, 3.8) is 0 Å². The third-order valence-corrected chi connectivity index (χ3v) is 5.05. The Bertz CT molecular complexity index is 257. The Morgan fingerprint density at radius 1 is 1.26 bits per heavy atom. The summed E-state index contributed by atoms with van der Waals surface area (Å²) >= 11 is 0. The summed E-state index contributed by atoms with van der Waals surface area (Å²) in [5.41, 5.74) is 0. The highest BCUT2D eigenvalue weighted by Gasteiger charge is 2.38. The zero-order valence-corrected chi connectivity index (χ0v) is 13.0. The molecule has 1 aliphatic carbocycles. The fourth-order valence-corrected chi connectivity index (χ4v) is 4.13. The lowest BCUT2D eigenvalue weighted by molar-refractivity contribution is -0.107. The second-order valence-electron chi connectivity index (χ2n) is 6.16. The first-order valence-electron chi connectivity index (χ1n) is 8.36.